The quantitative estimate of drug-likeness (QED) is 0.904. The minimum Gasteiger partial charge on any atom is -0.328 e. The van der Waals surface area contributed by atoms with Gasteiger partial charge < -0.3 is 5.73 Å². The van der Waals surface area contributed by atoms with E-state index in [4.69, 9.17) is 17.3 Å². The Hall–Kier alpha value is -0.580. The van der Waals surface area contributed by atoms with E-state index in [0.29, 0.717) is 11.4 Å². The van der Waals surface area contributed by atoms with Gasteiger partial charge in [-0.05, 0) is 38.5 Å². The zero-order valence-electron chi connectivity index (χ0n) is 9.35. The first kappa shape index (κ1) is 13.5. The maximum Gasteiger partial charge on any atom is 0.181 e. The van der Waals surface area contributed by atoms with Gasteiger partial charge in [-0.1, -0.05) is 17.7 Å². The molecule has 0 fully saturated rings. The molecule has 0 amide bonds. The van der Waals surface area contributed by atoms with Crippen LogP contribution in [0.25, 0.3) is 0 Å². The molecule has 2 unspecified atom stereocenters. The molecule has 0 aliphatic carbocycles. The lowest BCUT2D eigenvalue weighted by molar-refractivity contribution is 0.563. The molecule has 0 aliphatic rings. The van der Waals surface area contributed by atoms with Gasteiger partial charge in [0.15, 0.2) is 9.84 Å². The molecule has 0 saturated carbocycles. The third-order valence-corrected chi connectivity index (χ3v) is 4.76. The summed E-state index contributed by atoms with van der Waals surface area (Å²) >= 11 is 5.77. The van der Waals surface area contributed by atoms with Gasteiger partial charge in [0.05, 0.1) is 10.1 Å². The van der Waals surface area contributed by atoms with Crippen LogP contribution in [-0.4, -0.2) is 19.7 Å². The summed E-state index contributed by atoms with van der Waals surface area (Å²) in [4.78, 5) is 0.258. The van der Waals surface area contributed by atoms with Crippen molar-refractivity contribution >= 4 is 21.4 Å². The molecule has 0 aromatic heterocycles. The van der Waals surface area contributed by atoms with Gasteiger partial charge in [0.1, 0.15) is 0 Å². The predicted octanol–water partition coefficient (Wildman–Crippen LogP) is 2.24. The average molecular weight is 262 g/mol. The molecule has 2 N–H and O–H groups in total. The largest absolute Gasteiger partial charge is 0.328 e. The van der Waals surface area contributed by atoms with Crippen LogP contribution < -0.4 is 5.73 Å². The van der Waals surface area contributed by atoms with Crippen LogP contribution in [0.2, 0.25) is 5.02 Å². The Labute approximate surface area is 102 Å². The topological polar surface area (TPSA) is 60.2 Å². The Balaban J connectivity index is 3.02. The number of hydrogen-bond donors (Lipinski definition) is 1. The minimum atomic E-state index is -3.32. The highest BCUT2D eigenvalue weighted by Crippen LogP contribution is 2.21. The van der Waals surface area contributed by atoms with Crippen molar-refractivity contribution in [1.82, 2.24) is 0 Å². The molecule has 0 bridgehead atoms. The van der Waals surface area contributed by atoms with Gasteiger partial charge in [0, 0.05) is 11.1 Å². The fraction of sp³-hybridized carbons (Fsp3) is 0.455. The molecule has 0 heterocycles. The van der Waals surface area contributed by atoms with Gasteiger partial charge in [0.2, 0.25) is 0 Å². The SMILES string of the molecule is CC(N)CC(C)S(=O)(=O)c1cccc(Cl)c1. The Morgan fingerprint density at radius 2 is 2.00 bits per heavy atom. The lowest BCUT2D eigenvalue weighted by atomic mass is 10.2. The van der Waals surface area contributed by atoms with Crippen molar-refractivity contribution < 1.29 is 8.42 Å². The van der Waals surface area contributed by atoms with Crippen LogP contribution in [0.4, 0.5) is 0 Å². The highest BCUT2D eigenvalue weighted by atomic mass is 35.5. The average Bonchev–Trinajstić information content (AvgIpc) is 2.16. The van der Waals surface area contributed by atoms with Gasteiger partial charge >= 0.3 is 0 Å². The summed E-state index contributed by atoms with van der Waals surface area (Å²) in [7, 11) is -3.32. The summed E-state index contributed by atoms with van der Waals surface area (Å²) in [6.45, 7) is 3.46. The van der Waals surface area contributed by atoms with Crippen molar-refractivity contribution in [2.24, 2.45) is 5.73 Å². The molecule has 16 heavy (non-hydrogen) atoms. The maximum atomic E-state index is 12.1. The molecule has 3 nitrogen and oxygen atoms in total. The number of nitrogens with two attached hydrogens (primary N) is 1. The van der Waals surface area contributed by atoms with Crippen molar-refractivity contribution in [2.75, 3.05) is 0 Å². The van der Waals surface area contributed by atoms with Crippen LogP contribution in [0.15, 0.2) is 29.2 Å². The van der Waals surface area contributed by atoms with Crippen LogP contribution in [0.5, 0.6) is 0 Å². The van der Waals surface area contributed by atoms with Crippen LogP contribution in [0.3, 0.4) is 0 Å². The first-order valence-electron chi connectivity index (χ1n) is 5.09. The Morgan fingerprint density at radius 3 is 2.50 bits per heavy atom. The Kier molecular flexibility index (Phi) is 4.35. The molecule has 1 aromatic rings. The van der Waals surface area contributed by atoms with Crippen molar-refractivity contribution in [3.63, 3.8) is 0 Å². The third kappa shape index (κ3) is 3.20. The third-order valence-electron chi connectivity index (χ3n) is 2.36. The molecule has 1 rings (SSSR count). The smallest absolute Gasteiger partial charge is 0.181 e. The van der Waals surface area contributed by atoms with Crippen molar-refractivity contribution in [2.45, 2.75) is 36.5 Å². The maximum absolute atomic E-state index is 12.1. The van der Waals surface area contributed by atoms with Crippen molar-refractivity contribution in [1.29, 1.82) is 0 Å². The van der Waals surface area contributed by atoms with Crippen LogP contribution in [0.1, 0.15) is 20.3 Å². The normalized spacial score (nSPS) is 15.8. The van der Waals surface area contributed by atoms with E-state index >= 15 is 0 Å². The monoisotopic (exact) mass is 261 g/mol. The van der Waals surface area contributed by atoms with Crippen LogP contribution >= 0.6 is 11.6 Å². The van der Waals surface area contributed by atoms with Gasteiger partial charge in [-0.15, -0.1) is 0 Å². The van der Waals surface area contributed by atoms with E-state index in [1.807, 2.05) is 0 Å². The molecule has 90 valence electrons. The van der Waals surface area contributed by atoms with Gasteiger partial charge in [-0.25, -0.2) is 8.42 Å². The minimum absolute atomic E-state index is 0.135. The summed E-state index contributed by atoms with van der Waals surface area (Å²) in [6.07, 6.45) is 0.439. The fourth-order valence-electron chi connectivity index (χ4n) is 1.53. The lowest BCUT2D eigenvalue weighted by Crippen LogP contribution is -2.27. The summed E-state index contributed by atoms with van der Waals surface area (Å²) in [5, 5.41) is -0.0694. The van der Waals surface area contributed by atoms with Gasteiger partial charge in [0.25, 0.3) is 0 Å². The van der Waals surface area contributed by atoms with Crippen LogP contribution in [-0.2, 0) is 9.84 Å². The molecular weight excluding hydrogens is 246 g/mol. The zero-order chi connectivity index (χ0) is 12.3. The van der Waals surface area contributed by atoms with E-state index in [1.165, 1.54) is 6.07 Å². The van der Waals surface area contributed by atoms with E-state index < -0.39 is 15.1 Å². The second kappa shape index (κ2) is 5.17. The molecule has 0 aliphatic heterocycles. The molecule has 0 saturated heterocycles. The Bertz CT molecular complexity index is 457. The van der Waals surface area contributed by atoms with E-state index in [9.17, 15) is 8.42 Å². The number of benzene rings is 1. The second-order valence-corrected chi connectivity index (χ2v) is 6.83. The highest BCUT2D eigenvalue weighted by Gasteiger charge is 2.24. The number of rotatable bonds is 4. The molecule has 2 atom stereocenters. The number of hydrogen-bond acceptors (Lipinski definition) is 3. The molecule has 0 radical (unpaired) electrons. The van der Waals surface area contributed by atoms with E-state index in [-0.39, 0.29) is 10.9 Å². The lowest BCUT2D eigenvalue weighted by Gasteiger charge is -2.15. The summed E-state index contributed by atoms with van der Waals surface area (Å²) in [6, 6.07) is 6.17. The molecule has 0 spiro atoms. The number of sulfone groups is 1. The molecule has 1 aromatic carbocycles. The van der Waals surface area contributed by atoms with E-state index in [0.717, 1.165) is 0 Å². The highest BCUT2D eigenvalue weighted by molar-refractivity contribution is 7.92. The van der Waals surface area contributed by atoms with E-state index in [2.05, 4.69) is 0 Å². The zero-order valence-corrected chi connectivity index (χ0v) is 10.9. The Morgan fingerprint density at radius 1 is 1.38 bits per heavy atom. The van der Waals surface area contributed by atoms with Gasteiger partial charge in [-0.2, -0.15) is 0 Å². The van der Waals surface area contributed by atoms with Crippen molar-refractivity contribution in [3.05, 3.63) is 29.3 Å². The molecular formula is C11H16ClNO2S. The molecule has 5 heteroatoms. The second-order valence-electron chi connectivity index (χ2n) is 4.03. The summed E-state index contributed by atoms with van der Waals surface area (Å²) in [5.74, 6) is 0. The first-order valence-corrected chi connectivity index (χ1v) is 7.01. The van der Waals surface area contributed by atoms with Gasteiger partial charge in [-0.3, -0.25) is 0 Å². The standard InChI is InChI=1S/C11H16ClNO2S/c1-8(13)6-9(2)16(14,15)11-5-3-4-10(12)7-11/h3-5,7-9H,6,13H2,1-2H3. The fourth-order valence-corrected chi connectivity index (χ4v) is 3.36. The predicted molar refractivity (Wildman–Crippen MR) is 66.4 cm³/mol. The first-order chi connectivity index (χ1) is 7.34. The number of halogens is 1. The summed E-state index contributed by atoms with van der Waals surface area (Å²) in [5.41, 5.74) is 5.61. The van der Waals surface area contributed by atoms with E-state index in [1.54, 1.807) is 32.0 Å². The van der Waals surface area contributed by atoms with Crippen molar-refractivity contribution in [3.8, 4) is 0 Å². The summed E-state index contributed by atoms with van der Waals surface area (Å²) < 4.78 is 24.2. The van der Waals surface area contributed by atoms with Crippen LogP contribution in [0, 0.1) is 0 Å².